The minimum absolute atomic E-state index is 0.0304. The minimum Gasteiger partial charge on any atom is -0.336 e. The summed E-state index contributed by atoms with van der Waals surface area (Å²) in [6, 6.07) is 27.5. The number of carbonyl (C=O) groups excluding carboxylic acids is 1. The molecule has 0 saturated carbocycles. The lowest BCUT2D eigenvalue weighted by molar-refractivity contribution is 0.0651. The molecule has 0 bridgehead atoms. The number of hydrogen-bond acceptors (Lipinski definition) is 3. The molecule has 0 aliphatic carbocycles. The fourth-order valence-electron chi connectivity index (χ4n) is 3.93. The molecule has 1 aliphatic heterocycles. The van der Waals surface area contributed by atoms with E-state index in [9.17, 15) is 10.1 Å². The average molecular weight is 408 g/mol. The third-order valence-corrected chi connectivity index (χ3v) is 5.63. The zero-order valence-corrected chi connectivity index (χ0v) is 17.4. The molecule has 0 aromatic heterocycles. The Morgan fingerprint density at radius 3 is 2.23 bits per heavy atom. The van der Waals surface area contributed by atoms with Gasteiger partial charge in [-0.25, -0.2) is 0 Å². The second-order valence-corrected chi connectivity index (χ2v) is 7.61. The summed E-state index contributed by atoms with van der Waals surface area (Å²) in [6.45, 7) is 3.98. The van der Waals surface area contributed by atoms with Crippen molar-refractivity contribution in [1.82, 2.24) is 9.80 Å². The van der Waals surface area contributed by atoms with Crippen molar-refractivity contribution in [3.05, 3.63) is 102 Å². The molecule has 4 nitrogen and oxygen atoms in total. The van der Waals surface area contributed by atoms with Gasteiger partial charge in [0.2, 0.25) is 0 Å². The van der Waals surface area contributed by atoms with E-state index < -0.39 is 0 Å². The molecule has 3 aromatic carbocycles. The van der Waals surface area contributed by atoms with Gasteiger partial charge in [-0.1, -0.05) is 78.9 Å². The molecule has 1 saturated heterocycles. The van der Waals surface area contributed by atoms with Gasteiger partial charge in [0, 0.05) is 43.9 Å². The van der Waals surface area contributed by atoms with Gasteiger partial charge in [0.25, 0.3) is 5.91 Å². The fraction of sp³-hybridized carbons (Fsp3) is 0.185. The molecule has 4 heteroatoms. The molecule has 0 N–H and O–H groups in total. The largest absolute Gasteiger partial charge is 0.336 e. The molecule has 1 heterocycles. The van der Waals surface area contributed by atoms with Crippen LogP contribution in [-0.4, -0.2) is 48.4 Å². The smallest absolute Gasteiger partial charge is 0.254 e. The molecule has 154 valence electrons. The Hall–Kier alpha value is -3.68. The van der Waals surface area contributed by atoms with Gasteiger partial charge in [-0.05, 0) is 23.3 Å². The molecular weight excluding hydrogens is 382 g/mol. The van der Waals surface area contributed by atoms with Crippen molar-refractivity contribution in [2.45, 2.75) is 0 Å². The van der Waals surface area contributed by atoms with Crippen molar-refractivity contribution in [3.8, 4) is 17.2 Å². The quantitative estimate of drug-likeness (QED) is 0.616. The first-order chi connectivity index (χ1) is 15.3. The Labute approximate surface area is 183 Å². The van der Waals surface area contributed by atoms with E-state index in [1.807, 2.05) is 65.6 Å². The summed E-state index contributed by atoms with van der Waals surface area (Å²) in [7, 11) is 0. The third kappa shape index (κ3) is 4.91. The van der Waals surface area contributed by atoms with Crippen LogP contribution >= 0.6 is 0 Å². The van der Waals surface area contributed by atoms with Crippen LogP contribution in [0.2, 0.25) is 0 Å². The Morgan fingerprint density at radius 2 is 1.48 bits per heavy atom. The number of hydrogen-bond donors (Lipinski definition) is 0. The Bertz CT molecular complexity index is 1110. The second kappa shape index (κ2) is 9.88. The summed E-state index contributed by atoms with van der Waals surface area (Å²) in [5, 5.41) is 9.47. The third-order valence-electron chi connectivity index (χ3n) is 5.63. The molecule has 0 atom stereocenters. The fourth-order valence-corrected chi connectivity index (χ4v) is 3.93. The topological polar surface area (TPSA) is 47.3 Å². The van der Waals surface area contributed by atoms with E-state index in [1.54, 1.807) is 6.07 Å². The molecule has 0 unspecified atom stereocenters. The van der Waals surface area contributed by atoms with Crippen LogP contribution in [-0.2, 0) is 0 Å². The zero-order valence-electron chi connectivity index (χ0n) is 17.4. The maximum absolute atomic E-state index is 13.3. The Kier molecular flexibility index (Phi) is 6.56. The van der Waals surface area contributed by atoms with Gasteiger partial charge in [0.15, 0.2) is 0 Å². The van der Waals surface area contributed by atoms with E-state index >= 15 is 0 Å². The summed E-state index contributed by atoms with van der Waals surface area (Å²) >= 11 is 0. The van der Waals surface area contributed by atoms with Crippen molar-refractivity contribution in [2.75, 3.05) is 32.7 Å². The van der Waals surface area contributed by atoms with Gasteiger partial charge in [0.05, 0.1) is 11.6 Å². The van der Waals surface area contributed by atoms with Crippen molar-refractivity contribution in [3.63, 3.8) is 0 Å². The van der Waals surface area contributed by atoms with E-state index in [-0.39, 0.29) is 5.91 Å². The van der Waals surface area contributed by atoms with E-state index in [1.165, 1.54) is 5.56 Å². The highest BCUT2D eigenvalue weighted by molar-refractivity contribution is 6.01. The predicted octanol–water partition coefficient (Wildman–Crippen LogP) is 4.70. The second-order valence-electron chi connectivity index (χ2n) is 7.61. The van der Waals surface area contributed by atoms with Crippen LogP contribution in [0, 0.1) is 11.3 Å². The number of benzene rings is 3. The summed E-state index contributed by atoms with van der Waals surface area (Å²) < 4.78 is 0. The highest BCUT2D eigenvalue weighted by atomic mass is 16.2. The molecular formula is C27H25N3O. The summed E-state index contributed by atoms with van der Waals surface area (Å²) in [5.41, 5.74) is 4.06. The summed E-state index contributed by atoms with van der Waals surface area (Å²) in [5.74, 6) is 0.0304. The van der Waals surface area contributed by atoms with E-state index in [0.29, 0.717) is 24.2 Å². The standard InChI is InChI=1S/C27H25N3O/c28-21-23-12-4-5-13-24(23)25-14-6-7-15-26(25)27(31)30-19-17-29(18-20-30)16-8-11-22-9-2-1-3-10-22/h1-15H,16-20H2. The average Bonchev–Trinajstić information content (AvgIpc) is 2.85. The monoisotopic (exact) mass is 407 g/mol. The van der Waals surface area contributed by atoms with Crippen molar-refractivity contribution >= 4 is 12.0 Å². The minimum atomic E-state index is 0.0304. The highest BCUT2D eigenvalue weighted by Crippen LogP contribution is 2.28. The first-order valence-corrected chi connectivity index (χ1v) is 10.6. The maximum Gasteiger partial charge on any atom is 0.254 e. The molecule has 1 amide bonds. The molecule has 0 spiro atoms. The summed E-state index contributed by atoms with van der Waals surface area (Å²) in [6.07, 6.45) is 4.32. The number of carbonyl (C=O) groups is 1. The molecule has 4 rings (SSSR count). The normalized spacial score (nSPS) is 14.5. The number of nitriles is 1. The van der Waals surface area contributed by atoms with Crippen LogP contribution in [0.4, 0.5) is 0 Å². The van der Waals surface area contributed by atoms with Crippen LogP contribution in [0.1, 0.15) is 21.5 Å². The van der Waals surface area contributed by atoms with Gasteiger partial charge in [0.1, 0.15) is 0 Å². The number of piperazine rings is 1. The van der Waals surface area contributed by atoms with Crippen molar-refractivity contribution in [1.29, 1.82) is 5.26 Å². The lowest BCUT2D eigenvalue weighted by Crippen LogP contribution is -2.48. The lowest BCUT2D eigenvalue weighted by atomic mass is 9.95. The van der Waals surface area contributed by atoms with Crippen LogP contribution in [0.15, 0.2) is 84.9 Å². The van der Waals surface area contributed by atoms with E-state index in [4.69, 9.17) is 0 Å². The lowest BCUT2D eigenvalue weighted by Gasteiger charge is -2.34. The molecule has 3 aromatic rings. The molecule has 0 radical (unpaired) electrons. The van der Waals surface area contributed by atoms with Crippen LogP contribution in [0.25, 0.3) is 17.2 Å². The maximum atomic E-state index is 13.3. The van der Waals surface area contributed by atoms with Crippen LogP contribution in [0.5, 0.6) is 0 Å². The van der Waals surface area contributed by atoms with Crippen LogP contribution < -0.4 is 0 Å². The van der Waals surface area contributed by atoms with Gasteiger partial charge < -0.3 is 4.90 Å². The Balaban J connectivity index is 1.42. The SMILES string of the molecule is N#Cc1ccccc1-c1ccccc1C(=O)N1CCN(CC=Cc2ccccc2)CC1. The first-order valence-electron chi connectivity index (χ1n) is 10.6. The number of amides is 1. The first kappa shape index (κ1) is 20.6. The highest BCUT2D eigenvalue weighted by Gasteiger charge is 2.24. The number of nitrogens with zero attached hydrogens (tertiary/aromatic N) is 3. The zero-order chi connectivity index (χ0) is 21.5. The van der Waals surface area contributed by atoms with Gasteiger partial charge >= 0.3 is 0 Å². The van der Waals surface area contributed by atoms with E-state index in [2.05, 4.69) is 35.3 Å². The van der Waals surface area contributed by atoms with E-state index in [0.717, 1.165) is 30.8 Å². The molecule has 1 fully saturated rings. The van der Waals surface area contributed by atoms with Crippen LogP contribution in [0.3, 0.4) is 0 Å². The predicted molar refractivity (Wildman–Crippen MR) is 124 cm³/mol. The van der Waals surface area contributed by atoms with Crippen molar-refractivity contribution < 1.29 is 4.79 Å². The Morgan fingerprint density at radius 1 is 0.839 bits per heavy atom. The van der Waals surface area contributed by atoms with Crippen molar-refractivity contribution in [2.24, 2.45) is 0 Å². The molecule has 1 aliphatic rings. The van der Waals surface area contributed by atoms with Gasteiger partial charge in [-0.2, -0.15) is 5.26 Å². The van der Waals surface area contributed by atoms with Gasteiger partial charge in [-0.3, -0.25) is 9.69 Å². The summed E-state index contributed by atoms with van der Waals surface area (Å²) in [4.78, 5) is 17.6. The number of rotatable bonds is 5. The van der Waals surface area contributed by atoms with Gasteiger partial charge in [-0.15, -0.1) is 0 Å². The molecule has 31 heavy (non-hydrogen) atoms.